The Morgan fingerprint density at radius 1 is 0.714 bits per heavy atom. The third-order valence-corrected chi connectivity index (χ3v) is 5.87. The molecule has 3 heteroatoms. The molecule has 0 aliphatic carbocycles. The van der Waals surface area contributed by atoms with Crippen molar-refractivity contribution in [2.75, 3.05) is 0 Å². The number of aryl methyl sites for hydroxylation is 2. The Morgan fingerprint density at radius 3 is 1.86 bits per heavy atom. The second kappa shape index (κ2) is 6.38. The van der Waals surface area contributed by atoms with Crippen LogP contribution in [-0.2, 0) is 0 Å². The molecular formula is C18H14I2S. The SMILES string of the molecule is Cc1cc(I)ccc1-c1ccsc1-c1ccc(I)cc1C. The second-order valence-corrected chi connectivity index (χ2v) is 8.49. The summed E-state index contributed by atoms with van der Waals surface area (Å²) in [5.74, 6) is 0. The van der Waals surface area contributed by atoms with Gasteiger partial charge in [0.1, 0.15) is 0 Å². The number of hydrogen-bond acceptors (Lipinski definition) is 1. The molecule has 0 fully saturated rings. The molecule has 0 aliphatic heterocycles. The molecule has 0 unspecified atom stereocenters. The molecule has 0 saturated carbocycles. The fourth-order valence-corrected chi connectivity index (χ4v) is 4.84. The number of rotatable bonds is 2. The van der Waals surface area contributed by atoms with Crippen LogP contribution in [0.2, 0.25) is 0 Å². The average molecular weight is 516 g/mol. The van der Waals surface area contributed by atoms with Gasteiger partial charge in [-0.2, -0.15) is 0 Å². The lowest BCUT2D eigenvalue weighted by molar-refractivity contribution is 1.43. The number of halogens is 2. The Labute approximate surface area is 156 Å². The summed E-state index contributed by atoms with van der Waals surface area (Å²) in [6.45, 7) is 4.39. The third-order valence-electron chi connectivity index (χ3n) is 3.58. The lowest BCUT2D eigenvalue weighted by Gasteiger charge is -2.10. The van der Waals surface area contributed by atoms with Crippen LogP contribution in [0, 0.1) is 21.0 Å². The van der Waals surface area contributed by atoms with E-state index in [0.29, 0.717) is 0 Å². The summed E-state index contributed by atoms with van der Waals surface area (Å²) in [6, 6.07) is 15.6. The van der Waals surface area contributed by atoms with Crippen molar-refractivity contribution in [3.63, 3.8) is 0 Å². The molecule has 21 heavy (non-hydrogen) atoms. The van der Waals surface area contributed by atoms with Crippen LogP contribution in [0.25, 0.3) is 21.6 Å². The summed E-state index contributed by atoms with van der Waals surface area (Å²) >= 11 is 6.57. The average Bonchev–Trinajstić information content (AvgIpc) is 2.87. The first-order valence-electron chi connectivity index (χ1n) is 6.67. The predicted octanol–water partition coefficient (Wildman–Crippen LogP) is 6.91. The van der Waals surface area contributed by atoms with Gasteiger partial charge in [0.05, 0.1) is 0 Å². The van der Waals surface area contributed by atoms with Crippen LogP contribution in [0.3, 0.4) is 0 Å². The highest BCUT2D eigenvalue weighted by molar-refractivity contribution is 14.1. The van der Waals surface area contributed by atoms with Gasteiger partial charge in [-0.1, -0.05) is 12.1 Å². The van der Waals surface area contributed by atoms with Crippen LogP contribution in [0.4, 0.5) is 0 Å². The van der Waals surface area contributed by atoms with E-state index >= 15 is 0 Å². The van der Waals surface area contributed by atoms with Crippen LogP contribution in [0.15, 0.2) is 47.8 Å². The normalized spacial score (nSPS) is 10.9. The number of hydrogen-bond donors (Lipinski definition) is 0. The summed E-state index contributed by atoms with van der Waals surface area (Å²) < 4.78 is 2.58. The first-order valence-corrected chi connectivity index (χ1v) is 9.70. The van der Waals surface area contributed by atoms with E-state index < -0.39 is 0 Å². The third kappa shape index (κ3) is 3.19. The van der Waals surface area contributed by atoms with E-state index in [-0.39, 0.29) is 0 Å². The van der Waals surface area contributed by atoms with Gasteiger partial charge in [0.15, 0.2) is 0 Å². The van der Waals surface area contributed by atoms with Gasteiger partial charge in [-0.25, -0.2) is 0 Å². The zero-order valence-electron chi connectivity index (χ0n) is 11.8. The highest BCUT2D eigenvalue weighted by atomic mass is 127. The summed E-state index contributed by atoms with van der Waals surface area (Å²) in [4.78, 5) is 1.37. The van der Waals surface area contributed by atoms with Crippen LogP contribution in [0.5, 0.6) is 0 Å². The van der Waals surface area contributed by atoms with Gasteiger partial charge in [-0.3, -0.25) is 0 Å². The molecule has 3 aromatic rings. The smallest absolute Gasteiger partial charge is 0.0423 e. The maximum atomic E-state index is 2.37. The van der Waals surface area contributed by atoms with Crippen molar-refractivity contribution in [1.29, 1.82) is 0 Å². The zero-order valence-corrected chi connectivity index (χ0v) is 16.9. The Bertz CT molecular complexity index is 737. The van der Waals surface area contributed by atoms with Crippen molar-refractivity contribution in [2.24, 2.45) is 0 Å². The minimum atomic E-state index is 1.29. The molecule has 0 bridgehead atoms. The van der Waals surface area contributed by atoms with Crippen molar-refractivity contribution in [3.05, 3.63) is 66.1 Å². The largest absolute Gasteiger partial charge is 0.143 e. The highest BCUT2D eigenvalue weighted by Crippen LogP contribution is 2.39. The minimum Gasteiger partial charge on any atom is -0.143 e. The first-order chi connectivity index (χ1) is 10.1. The van der Waals surface area contributed by atoms with Crippen molar-refractivity contribution >= 4 is 56.5 Å². The number of benzene rings is 2. The molecule has 2 aromatic carbocycles. The van der Waals surface area contributed by atoms with E-state index in [0.717, 1.165) is 0 Å². The number of thiophene rings is 1. The van der Waals surface area contributed by atoms with Crippen LogP contribution < -0.4 is 0 Å². The Balaban J connectivity index is 2.17. The quantitative estimate of drug-likeness (QED) is 0.325. The maximum Gasteiger partial charge on any atom is 0.0423 e. The van der Waals surface area contributed by atoms with Gasteiger partial charge in [0, 0.05) is 17.6 Å². The Kier molecular flexibility index (Phi) is 4.71. The molecule has 1 aromatic heterocycles. The summed E-state index contributed by atoms with van der Waals surface area (Å²) in [6.07, 6.45) is 0. The fraction of sp³-hybridized carbons (Fsp3) is 0.111. The molecule has 0 N–H and O–H groups in total. The highest BCUT2D eigenvalue weighted by Gasteiger charge is 2.13. The summed E-state index contributed by atoms with van der Waals surface area (Å²) in [5, 5.41) is 2.19. The lowest BCUT2D eigenvalue weighted by atomic mass is 9.97. The van der Waals surface area contributed by atoms with E-state index in [1.54, 1.807) is 0 Å². The van der Waals surface area contributed by atoms with Crippen molar-refractivity contribution in [1.82, 2.24) is 0 Å². The standard InChI is InChI=1S/C18H14I2S/c1-11-9-13(19)3-5-15(11)17-7-8-21-18(17)16-6-4-14(20)10-12(16)2/h3-10H,1-2H3. The molecule has 0 spiro atoms. The van der Waals surface area contributed by atoms with E-state index in [1.807, 2.05) is 11.3 Å². The molecule has 0 aliphatic rings. The summed E-state index contributed by atoms with van der Waals surface area (Å²) in [7, 11) is 0. The zero-order chi connectivity index (χ0) is 15.0. The summed E-state index contributed by atoms with van der Waals surface area (Å²) in [5.41, 5.74) is 6.71. The maximum absolute atomic E-state index is 2.37. The van der Waals surface area contributed by atoms with Gasteiger partial charge < -0.3 is 0 Å². The molecular weight excluding hydrogens is 502 g/mol. The van der Waals surface area contributed by atoms with Crippen LogP contribution in [-0.4, -0.2) is 0 Å². The molecule has 0 radical (unpaired) electrons. The molecule has 0 atom stereocenters. The van der Waals surface area contributed by atoms with Gasteiger partial charge in [0.25, 0.3) is 0 Å². The fourth-order valence-electron chi connectivity index (χ4n) is 2.54. The van der Waals surface area contributed by atoms with Gasteiger partial charge in [-0.15, -0.1) is 11.3 Å². The predicted molar refractivity (Wildman–Crippen MR) is 110 cm³/mol. The molecule has 0 nitrogen and oxygen atoms in total. The topological polar surface area (TPSA) is 0 Å². The van der Waals surface area contributed by atoms with Crippen LogP contribution >= 0.6 is 56.5 Å². The lowest BCUT2D eigenvalue weighted by Crippen LogP contribution is -1.87. The van der Waals surface area contributed by atoms with Gasteiger partial charge >= 0.3 is 0 Å². The van der Waals surface area contributed by atoms with Crippen molar-refractivity contribution < 1.29 is 0 Å². The van der Waals surface area contributed by atoms with E-state index in [2.05, 4.69) is 107 Å². The second-order valence-electron chi connectivity index (χ2n) is 5.08. The Hall–Kier alpha value is -0.400. The van der Waals surface area contributed by atoms with Crippen molar-refractivity contribution in [3.8, 4) is 21.6 Å². The van der Waals surface area contributed by atoms with Gasteiger partial charge in [-0.05, 0) is 117 Å². The molecule has 0 amide bonds. The molecule has 3 rings (SSSR count). The Morgan fingerprint density at radius 2 is 1.29 bits per heavy atom. The van der Waals surface area contributed by atoms with E-state index in [1.165, 1.54) is 39.8 Å². The van der Waals surface area contributed by atoms with Crippen LogP contribution in [0.1, 0.15) is 11.1 Å². The molecule has 1 heterocycles. The van der Waals surface area contributed by atoms with Crippen molar-refractivity contribution in [2.45, 2.75) is 13.8 Å². The monoisotopic (exact) mass is 516 g/mol. The molecule has 106 valence electrons. The van der Waals surface area contributed by atoms with Gasteiger partial charge in [0.2, 0.25) is 0 Å². The first kappa shape index (κ1) is 15.5. The molecule has 0 saturated heterocycles. The van der Waals surface area contributed by atoms with E-state index in [9.17, 15) is 0 Å². The minimum absolute atomic E-state index is 1.29. The van der Waals surface area contributed by atoms with E-state index in [4.69, 9.17) is 0 Å².